The second kappa shape index (κ2) is 6.62. The van der Waals surface area contributed by atoms with E-state index in [-0.39, 0.29) is 5.41 Å². The quantitative estimate of drug-likeness (QED) is 0.815. The first-order valence-corrected chi connectivity index (χ1v) is 8.08. The lowest BCUT2D eigenvalue weighted by atomic mass is 9.68. The van der Waals surface area contributed by atoms with Crippen molar-refractivity contribution in [3.8, 4) is 5.75 Å². The van der Waals surface area contributed by atoms with E-state index in [1.165, 1.54) is 50.9 Å². The highest BCUT2D eigenvalue weighted by atomic mass is 16.3. The van der Waals surface area contributed by atoms with Gasteiger partial charge in [-0.05, 0) is 55.0 Å². The third kappa shape index (κ3) is 3.35. The van der Waals surface area contributed by atoms with E-state index in [0.717, 1.165) is 0 Å². The molecule has 0 radical (unpaired) electrons. The molecule has 1 fully saturated rings. The number of phenols is 1. The Morgan fingerprint density at radius 2 is 2.15 bits per heavy atom. The van der Waals surface area contributed by atoms with E-state index in [9.17, 15) is 5.11 Å². The minimum Gasteiger partial charge on any atom is -0.508 e. The molecule has 0 bridgehead atoms. The Balaban J connectivity index is 2.01. The van der Waals surface area contributed by atoms with Crippen LogP contribution >= 0.6 is 0 Å². The van der Waals surface area contributed by atoms with Gasteiger partial charge in [-0.1, -0.05) is 45.7 Å². The van der Waals surface area contributed by atoms with Crippen molar-refractivity contribution in [1.29, 1.82) is 0 Å². The van der Waals surface area contributed by atoms with Crippen LogP contribution in [0.15, 0.2) is 24.3 Å². The lowest BCUT2D eigenvalue weighted by Crippen LogP contribution is -2.47. The van der Waals surface area contributed by atoms with Gasteiger partial charge in [-0.15, -0.1) is 0 Å². The lowest BCUT2D eigenvalue weighted by Gasteiger charge is -2.45. The van der Waals surface area contributed by atoms with Crippen LogP contribution in [0.5, 0.6) is 5.75 Å². The average molecular weight is 275 g/mol. The van der Waals surface area contributed by atoms with Gasteiger partial charge in [0.2, 0.25) is 0 Å². The minimum atomic E-state index is 0.194. The molecule has 0 aromatic heterocycles. The number of rotatable bonds is 5. The van der Waals surface area contributed by atoms with Gasteiger partial charge in [0.15, 0.2) is 0 Å². The molecule has 0 amide bonds. The van der Waals surface area contributed by atoms with Gasteiger partial charge in [-0.2, -0.15) is 0 Å². The lowest BCUT2D eigenvalue weighted by molar-refractivity contribution is 0.109. The van der Waals surface area contributed by atoms with Gasteiger partial charge in [0, 0.05) is 6.54 Å². The van der Waals surface area contributed by atoms with E-state index in [2.05, 4.69) is 31.7 Å². The molecule has 0 aliphatic carbocycles. The maximum Gasteiger partial charge on any atom is 0.115 e. The van der Waals surface area contributed by atoms with Gasteiger partial charge in [0.1, 0.15) is 5.75 Å². The third-order valence-electron chi connectivity index (χ3n) is 5.15. The van der Waals surface area contributed by atoms with Gasteiger partial charge in [0.05, 0.1) is 0 Å². The van der Waals surface area contributed by atoms with Crippen molar-refractivity contribution in [3.63, 3.8) is 0 Å². The molecule has 112 valence electrons. The highest BCUT2D eigenvalue weighted by Crippen LogP contribution is 2.40. The van der Waals surface area contributed by atoms with E-state index in [1.807, 2.05) is 12.1 Å². The molecule has 1 heterocycles. The number of likely N-dealkylation sites (tertiary alicyclic amines) is 1. The molecule has 1 N–H and O–H groups in total. The van der Waals surface area contributed by atoms with Crippen LogP contribution in [0.1, 0.15) is 52.0 Å². The predicted octanol–water partition coefficient (Wildman–Crippen LogP) is 4.18. The van der Waals surface area contributed by atoms with Gasteiger partial charge in [-0.25, -0.2) is 0 Å². The van der Waals surface area contributed by atoms with E-state index in [0.29, 0.717) is 11.7 Å². The number of hydrogen-bond acceptors (Lipinski definition) is 2. The molecule has 1 aromatic rings. The minimum absolute atomic E-state index is 0.194. The summed E-state index contributed by atoms with van der Waals surface area (Å²) in [7, 11) is 0. The van der Waals surface area contributed by atoms with Crippen LogP contribution in [0, 0.1) is 5.92 Å². The zero-order chi connectivity index (χ0) is 14.6. The molecule has 0 saturated carbocycles. The van der Waals surface area contributed by atoms with E-state index < -0.39 is 0 Å². The highest BCUT2D eigenvalue weighted by molar-refractivity contribution is 5.33. The van der Waals surface area contributed by atoms with Crippen LogP contribution < -0.4 is 0 Å². The fourth-order valence-corrected chi connectivity index (χ4v) is 3.40. The number of benzene rings is 1. The Bertz CT molecular complexity index is 431. The van der Waals surface area contributed by atoms with Crippen LogP contribution in [0.25, 0.3) is 0 Å². The van der Waals surface area contributed by atoms with E-state index in [1.54, 1.807) is 6.07 Å². The van der Waals surface area contributed by atoms with Crippen LogP contribution in [0.2, 0.25) is 0 Å². The monoisotopic (exact) mass is 275 g/mol. The molecule has 1 saturated heterocycles. The first-order valence-electron chi connectivity index (χ1n) is 8.08. The molecule has 0 spiro atoms. The van der Waals surface area contributed by atoms with Crippen LogP contribution in [0.3, 0.4) is 0 Å². The largest absolute Gasteiger partial charge is 0.508 e. The molecule has 2 atom stereocenters. The van der Waals surface area contributed by atoms with Crippen LogP contribution in [0.4, 0.5) is 0 Å². The summed E-state index contributed by atoms with van der Waals surface area (Å²) in [6.07, 6.45) is 5.15. The summed E-state index contributed by atoms with van der Waals surface area (Å²) in [6.45, 7) is 10.6. The number of phenolic OH excluding ortho intramolecular Hbond substituents is 1. The summed E-state index contributed by atoms with van der Waals surface area (Å²) in [6, 6.07) is 7.85. The fourth-order valence-electron chi connectivity index (χ4n) is 3.40. The summed E-state index contributed by atoms with van der Waals surface area (Å²) in [5.74, 6) is 1.01. The van der Waals surface area contributed by atoms with Crippen molar-refractivity contribution >= 4 is 0 Å². The topological polar surface area (TPSA) is 23.5 Å². The molecule has 2 heteroatoms. The Morgan fingerprint density at radius 1 is 1.35 bits per heavy atom. The summed E-state index contributed by atoms with van der Waals surface area (Å²) in [4.78, 5) is 2.62. The molecule has 2 unspecified atom stereocenters. The molecular weight excluding hydrogens is 246 g/mol. The first kappa shape index (κ1) is 15.4. The Kier molecular flexibility index (Phi) is 5.09. The summed E-state index contributed by atoms with van der Waals surface area (Å²) in [5.41, 5.74) is 1.48. The maximum atomic E-state index is 9.73. The molecule has 1 aromatic carbocycles. The number of piperidine rings is 1. The second-order valence-corrected chi connectivity index (χ2v) is 6.63. The van der Waals surface area contributed by atoms with Gasteiger partial charge in [-0.3, -0.25) is 0 Å². The summed E-state index contributed by atoms with van der Waals surface area (Å²) >= 11 is 0. The predicted molar refractivity (Wildman–Crippen MR) is 85.2 cm³/mol. The Morgan fingerprint density at radius 3 is 2.80 bits per heavy atom. The van der Waals surface area contributed by atoms with Crippen LogP contribution in [-0.4, -0.2) is 29.6 Å². The summed E-state index contributed by atoms with van der Waals surface area (Å²) in [5, 5.41) is 9.73. The molecule has 1 aliphatic heterocycles. The van der Waals surface area contributed by atoms with Crippen molar-refractivity contribution < 1.29 is 5.11 Å². The Hall–Kier alpha value is -1.02. The van der Waals surface area contributed by atoms with Crippen LogP contribution in [-0.2, 0) is 5.41 Å². The van der Waals surface area contributed by atoms with Gasteiger partial charge >= 0.3 is 0 Å². The third-order valence-corrected chi connectivity index (χ3v) is 5.15. The number of aromatic hydroxyl groups is 1. The van der Waals surface area contributed by atoms with Crippen molar-refractivity contribution in [2.75, 3.05) is 19.6 Å². The smallest absolute Gasteiger partial charge is 0.115 e. The molecule has 20 heavy (non-hydrogen) atoms. The van der Waals surface area contributed by atoms with Crippen molar-refractivity contribution in [2.24, 2.45) is 5.92 Å². The second-order valence-electron chi connectivity index (χ2n) is 6.63. The maximum absolute atomic E-state index is 9.73. The average Bonchev–Trinajstić information content (AvgIpc) is 2.43. The normalized spacial score (nSPS) is 27.6. The van der Waals surface area contributed by atoms with E-state index >= 15 is 0 Å². The number of hydrogen-bond donors (Lipinski definition) is 1. The van der Waals surface area contributed by atoms with Gasteiger partial charge in [0.25, 0.3) is 0 Å². The molecule has 2 nitrogen and oxygen atoms in total. The van der Waals surface area contributed by atoms with Crippen molar-refractivity contribution in [3.05, 3.63) is 29.8 Å². The number of nitrogens with zero attached hydrogens (tertiary/aromatic N) is 1. The Labute approximate surface area is 123 Å². The molecule has 1 aliphatic rings. The number of unbranched alkanes of at least 4 members (excludes halogenated alkanes) is 2. The van der Waals surface area contributed by atoms with E-state index in [4.69, 9.17) is 0 Å². The van der Waals surface area contributed by atoms with Crippen molar-refractivity contribution in [1.82, 2.24) is 4.90 Å². The van der Waals surface area contributed by atoms with Crippen molar-refractivity contribution in [2.45, 2.75) is 51.9 Å². The highest BCUT2D eigenvalue weighted by Gasteiger charge is 2.37. The van der Waals surface area contributed by atoms with Gasteiger partial charge < -0.3 is 10.0 Å². The zero-order valence-electron chi connectivity index (χ0n) is 13.2. The summed E-state index contributed by atoms with van der Waals surface area (Å²) < 4.78 is 0. The standard InChI is InChI=1S/C18H29NO/c1-4-5-6-11-19-12-10-18(3,15(2)14-19)16-8-7-9-17(20)13-16/h7-9,13,15,20H,4-6,10-12,14H2,1-3H3. The zero-order valence-corrected chi connectivity index (χ0v) is 13.2. The SMILES string of the molecule is CCCCCN1CCC(C)(c2cccc(O)c2)C(C)C1. The molecular formula is C18H29NO. The fraction of sp³-hybridized carbons (Fsp3) is 0.667. The molecule has 2 rings (SSSR count). The first-order chi connectivity index (χ1) is 9.56.